The maximum absolute atomic E-state index is 9.23. The van der Waals surface area contributed by atoms with Crippen LogP contribution in [0.5, 0.6) is 0 Å². The van der Waals surface area contributed by atoms with Crippen molar-refractivity contribution in [1.29, 1.82) is 5.41 Å². The van der Waals surface area contributed by atoms with Crippen LogP contribution in [0.1, 0.15) is 6.42 Å². The van der Waals surface area contributed by atoms with Crippen LogP contribution in [-0.4, -0.2) is 41.5 Å². The van der Waals surface area contributed by atoms with Crippen molar-refractivity contribution in [2.24, 2.45) is 10.9 Å². The van der Waals surface area contributed by atoms with Gasteiger partial charge in [0.25, 0.3) is 0 Å². The van der Waals surface area contributed by atoms with Crippen molar-refractivity contribution in [3.63, 3.8) is 0 Å². The highest BCUT2D eigenvalue weighted by atomic mass is 16.6. The molecule has 0 aromatic heterocycles. The first-order valence-electron chi connectivity index (χ1n) is 3.53. The van der Waals surface area contributed by atoms with Crippen molar-refractivity contribution in [1.82, 2.24) is 5.06 Å². The molecule has 0 aliphatic carbocycles. The molecule has 1 aliphatic rings. The maximum atomic E-state index is 9.23. The SMILES string of the molecule is CON=C1CC(C(=N)N)N(O)C1. The summed E-state index contributed by atoms with van der Waals surface area (Å²) in [5, 5.41) is 21.0. The van der Waals surface area contributed by atoms with E-state index in [-0.39, 0.29) is 12.4 Å². The van der Waals surface area contributed by atoms with E-state index in [2.05, 4.69) is 9.99 Å². The minimum atomic E-state index is -0.445. The molecule has 0 spiro atoms. The molecule has 1 unspecified atom stereocenters. The second-order valence-corrected chi connectivity index (χ2v) is 2.61. The van der Waals surface area contributed by atoms with Crippen molar-refractivity contribution in [3.8, 4) is 0 Å². The Balaban J connectivity index is 2.62. The van der Waals surface area contributed by atoms with Gasteiger partial charge in [-0.1, -0.05) is 5.16 Å². The van der Waals surface area contributed by atoms with Gasteiger partial charge in [-0.15, -0.1) is 0 Å². The topological polar surface area (TPSA) is 94.9 Å². The summed E-state index contributed by atoms with van der Waals surface area (Å²) in [7, 11) is 1.44. The molecular formula is C6H12N4O2. The van der Waals surface area contributed by atoms with E-state index in [0.717, 1.165) is 5.06 Å². The van der Waals surface area contributed by atoms with Gasteiger partial charge in [0.15, 0.2) is 0 Å². The van der Waals surface area contributed by atoms with Crippen molar-refractivity contribution < 1.29 is 10.0 Å². The third-order valence-corrected chi connectivity index (χ3v) is 1.71. The molecular weight excluding hydrogens is 160 g/mol. The normalized spacial score (nSPS) is 27.8. The second-order valence-electron chi connectivity index (χ2n) is 2.61. The van der Waals surface area contributed by atoms with Crippen LogP contribution in [-0.2, 0) is 4.84 Å². The zero-order valence-corrected chi connectivity index (χ0v) is 6.82. The number of nitrogens with two attached hydrogens (primary N) is 1. The van der Waals surface area contributed by atoms with Crippen LogP contribution >= 0.6 is 0 Å². The van der Waals surface area contributed by atoms with Crippen LogP contribution < -0.4 is 5.73 Å². The second kappa shape index (κ2) is 3.51. The quantitative estimate of drug-likeness (QED) is 0.294. The standard InChI is InChI=1S/C6H12N4O2/c1-12-9-4-2-5(6(7)8)10(11)3-4/h5,11H,2-3H2,1H3,(H3,7,8). The Morgan fingerprint density at radius 3 is 3.00 bits per heavy atom. The number of hydrogen-bond acceptors (Lipinski definition) is 5. The minimum Gasteiger partial charge on any atom is -0.399 e. The van der Waals surface area contributed by atoms with Gasteiger partial charge in [-0.3, -0.25) is 5.41 Å². The van der Waals surface area contributed by atoms with Crippen LogP contribution in [0.25, 0.3) is 0 Å². The smallest absolute Gasteiger partial charge is 0.111 e. The van der Waals surface area contributed by atoms with E-state index < -0.39 is 6.04 Å². The summed E-state index contributed by atoms with van der Waals surface area (Å²) in [5.41, 5.74) is 5.93. The molecule has 68 valence electrons. The predicted octanol–water partition coefficient (Wildman–Crippen LogP) is -0.612. The highest BCUT2D eigenvalue weighted by molar-refractivity contribution is 5.96. The molecule has 1 fully saturated rings. The number of oxime groups is 1. The molecule has 0 aromatic rings. The molecule has 0 bridgehead atoms. The Labute approximate surface area is 70.1 Å². The van der Waals surface area contributed by atoms with Crippen molar-refractivity contribution >= 4 is 11.5 Å². The third-order valence-electron chi connectivity index (χ3n) is 1.71. The number of hydroxylamine groups is 2. The summed E-state index contributed by atoms with van der Waals surface area (Å²) in [6.45, 7) is 0.290. The lowest BCUT2D eigenvalue weighted by atomic mass is 10.2. The van der Waals surface area contributed by atoms with Gasteiger partial charge in [-0.05, 0) is 0 Å². The van der Waals surface area contributed by atoms with Crippen LogP contribution in [0.3, 0.4) is 0 Å². The summed E-state index contributed by atoms with van der Waals surface area (Å²) in [4.78, 5) is 4.54. The zero-order chi connectivity index (χ0) is 9.14. The van der Waals surface area contributed by atoms with E-state index in [1.54, 1.807) is 0 Å². The van der Waals surface area contributed by atoms with E-state index >= 15 is 0 Å². The van der Waals surface area contributed by atoms with Gasteiger partial charge < -0.3 is 15.8 Å². The Bertz CT molecular complexity index is 216. The van der Waals surface area contributed by atoms with E-state index in [4.69, 9.17) is 11.1 Å². The fourth-order valence-corrected chi connectivity index (χ4v) is 1.16. The van der Waals surface area contributed by atoms with Gasteiger partial charge in [0.1, 0.15) is 12.9 Å². The first kappa shape index (κ1) is 8.95. The lowest BCUT2D eigenvalue weighted by Gasteiger charge is -2.13. The maximum Gasteiger partial charge on any atom is 0.111 e. The summed E-state index contributed by atoms with van der Waals surface area (Å²) in [5.74, 6) is -0.0567. The summed E-state index contributed by atoms with van der Waals surface area (Å²) in [6, 6.07) is -0.445. The summed E-state index contributed by atoms with van der Waals surface area (Å²) in [6.07, 6.45) is 0.458. The molecule has 1 heterocycles. The average molecular weight is 172 g/mol. The van der Waals surface area contributed by atoms with Crippen molar-refractivity contribution in [2.75, 3.05) is 13.7 Å². The van der Waals surface area contributed by atoms with Gasteiger partial charge in [0.05, 0.1) is 18.3 Å². The molecule has 6 heteroatoms. The fourth-order valence-electron chi connectivity index (χ4n) is 1.16. The number of amidine groups is 1. The Morgan fingerprint density at radius 2 is 2.58 bits per heavy atom. The van der Waals surface area contributed by atoms with Gasteiger partial charge >= 0.3 is 0 Å². The minimum absolute atomic E-state index is 0.0567. The number of hydrogen-bond donors (Lipinski definition) is 3. The van der Waals surface area contributed by atoms with Crippen LogP contribution in [0.15, 0.2) is 5.16 Å². The van der Waals surface area contributed by atoms with E-state index in [9.17, 15) is 5.21 Å². The van der Waals surface area contributed by atoms with Gasteiger partial charge in [-0.2, -0.15) is 5.06 Å². The van der Waals surface area contributed by atoms with E-state index in [0.29, 0.717) is 12.1 Å². The average Bonchev–Trinajstić information content (AvgIpc) is 2.32. The summed E-state index contributed by atoms with van der Waals surface area (Å²) >= 11 is 0. The Kier molecular flexibility index (Phi) is 2.61. The first-order chi connectivity index (χ1) is 5.65. The molecule has 4 N–H and O–H groups in total. The van der Waals surface area contributed by atoms with Crippen molar-refractivity contribution in [3.05, 3.63) is 0 Å². The van der Waals surface area contributed by atoms with E-state index in [1.165, 1.54) is 7.11 Å². The predicted molar refractivity (Wildman–Crippen MR) is 43.3 cm³/mol. The molecule has 0 amide bonds. The van der Waals surface area contributed by atoms with E-state index in [1.807, 2.05) is 0 Å². The Hall–Kier alpha value is -1.14. The molecule has 1 rings (SSSR count). The largest absolute Gasteiger partial charge is 0.399 e. The molecule has 1 saturated heterocycles. The van der Waals surface area contributed by atoms with Crippen LogP contribution in [0, 0.1) is 5.41 Å². The molecule has 0 aromatic carbocycles. The zero-order valence-electron chi connectivity index (χ0n) is 6.82. The molecule has 6 nitrogen and oxygen atoms in total. The molecule has 1 aliphatic heterocycles. The van der Waals surface area contributed by atoms with Crippen LogP contribution in [0.4, 0.5) is 0 Å². The highest BCUT2D eigenvalue weighted by Crippen LogP contribution is 2.12. The lowest BCUT2D eigenvalue weighted by Crippen LogP contribution is -2.37. The van der Waals surface area contributed by atoms with Crippen LogP contribution in [0.2, 0.25) is 0 Å². The third kappa shape index (κ3) is 1.72. The van der Waals surface area contributed by atoms with Gasteiger partial charge in [-0.25, -0.2) is 0 Å². The number of nitrogens with zero attached hydrogens (tertiary/aromatic N) is 2. The van der Waals surface area contributed by atoms with Gasteiger partial charge in [0.2, 0.25) is 0 Å². The highest BCUT2D eigenvalue weighted by Gasteiger charge is 2.30. The number of rotatable bonds is 2. The Morgan fingerprint density at radius 1 is 1.92 bits per heavy atom. The number of nitrogens with one attached hydrogen (secondary N) is 1. The molecule has 1 atom stereocenters. The summed E-state index contributed by atoms with van der Waals surface area (Å²) < 4.78 is 0. The monoisotopic (exact) mass is 172 g/mol. The molecule has 0 radical (unpaired) electrons. The molecule has 12 heavy (non-hydrogen) atoms. The molecule has 0 saturated carbocycles. The van der Waals surface area contributed by atoms with Gasteiger partial charge in [0, 0.05) is 6.42 Å². The van der Waals surface area contributed by atoms with Crippen molar-refractivity contribution in [2.45, 2.75) is 12.5 Å². The first-order valence-corrected chi connectivity index (χ1v) is 3.53. The lowest BCUT2D eigenvalue weighted by molar-refractivity contribution is -0.0807. The fraction of sp³-hybridized carbons (Fsp3) is 0.667.